The maximum atomic E-state index is 14.3. The van der Waals surface area contributed by atoms with Crippen LogP contribution in [0.1, 0.15) is 74.4 Å². The Bertz CT molecular complexity index is 1610. The summed E-state index contributed by atoms with van der Waals surface area (Å²) in [5, 5.41) is 2.15. The summed E-state index contributed by atoms with van der Waals surface area (Å²) in [6, 6.07) is 13.8. The van der Waals surface area contributed by atoms with Crippen LogP contribution in [0.15, 0.2) is 60.0 Å². The summed E-state index contributed by atoms with van der Waals surface area (Å²) in [6.07, 6.45) is 3.85. The van der Waals surface area contributed by atoms with Crippen LogP contribution in [-0.4, -0.2) is 56.6 Å². The molecule has 1 unspecified atom stereocenters. The minimum Gasteiger partial charge on any atom is -0.465 e. The first-order chi connectivity index (χ1) is 20.6. The summed E-state index contributed by atoms with van der Waals surface area (Å²) in [7, 11) is -2.27. The number of thiophene rings is 1. The van der Waals surface area contributed by atoms with Gasteiger partial charge in [-0.1, -0.05) is 54.8 Å². The summed E-state index contributed by atoms with van der Waals surface area (Å²) in [4.78, 5) is 48.1. The Balaban J connectivity index is 1.52. The van der Waals surface area contributed by atoms with Crippen LogP contribution < -0.4 is 10.2 Å². The summed E-state index contributed by atoms with van der Waals surface area (Å²) in [5.74, 6) is -2.10. The SMILES string of the molecule is COC(=O)c1csc(CONC(=O)[C@H]2c3ccccc3C(=O)N([C@@H]3CCCC[C@H]3NS(C)(=O)=O)C2c2ccc(Cl)cc2)c1. The van der Waals surface area contributed by atoms with Gasteiger partial charge in [0.05, 0.1) is 30.9 Å². The average Bonchev–Trinajstić information content (AvgIpc) is 3.46. The summed E-state index contributed by atoms with van der Waals surface area (Å²) in [5.41, 5.74) is 4.55. The van der Waals surface area contributed by atoms with Crippen LogP contribution in [0.5, 0.6) is 0 Å². The molecular weight excluding hydrogens is 614 g/mol. The van der Waals surface area contributed by atoms with E-state index in [0.29, 0.717) is 45.0 Å². The standard InChI is InChI=1S/C30H32ClN3O7S2/c1-40-30(37)19-15-21(42-17-19)16-41-32-28(35)26-22-7-3-4-8-23(22)29(36)34(27(26)18-11-13-20(31)14-12-18)25-10-6-5-9-24(25)33-43(2,38)39/h3-4,7-8,11-15,17,24-27,33H,5-6,9-10,16H2,1-2H3,(H,32,35)/t24-,25-,26+,27?/m1/s1. The van der Waals surface area contributed by atoms with Crippen molar-refractivity contribution in [2.24, 2.45) is 0 Å². The lowest BCUT2D eigenvalue weighted by molar-refractivity contribution is -0.138. The van der Waals surface area contributed by atoms with Crippen molar-refractivity contribution in [2.45, 2.75) is 56.3 Å². The van der Waals surface area contributed by atoms with Crippen LogP contribution in [0.3, 0.4) is 0 Å². The number of nitrogens with zero attached hydrogens (tertiary/aromatic N) is 1. The molecule has 2 aromatic carbocycles. The Hall–Kier alpha value is -3.29. The number of methoxy groups -OCH3 is 1. The number of esters is 1. The largest absolute Gasteiger partial charge is 0.465 e. The van der Waals surface area contributed by atoms with E-state index in [-0.39, 0.29) is 12.5 Å². The van der Waals surface area contributed by atoms with Gasteiger partial charge in [0.2, 0.25) is 10.0 Å². The van der Waals surface area contributed by atoms with Gasteiger partial charge in [-0.3, -0.25) is 14.4 Å². The van der Waals surface area contributed by atoms with Crippen molar-refractivity contribution in [1.82, 2.24) is 15.1 Å². The normalized spacial score (nSPS) is 22.1. The Morgan fingerprint density at radius 1 is 1.09 bits per heavy atom. The topological polar surface area (TPSA) is 131 Å². The molecule has 13 heteroatoms. The smallest absolute Gasteiger partial charge is 0.338 e. The second kappa shape index (κ2) is 13.1. The molecule has 228 valence electrons. The molecule has 2 aliphatic rings. The number of benzene rings is 2. The number of halogens is 1. The Labute approximate surface area is 259 Å². The molecule has 5 rings (SSSR count). The molecule has 0 saturated heterocycles. The number of amides is 2. The molecule has 1 aliphatic heterocycles. The van der Waals surface area contributed by atoms with E-state index < -0.39 is 45.9 Å². The first kappa shape index (κ1) is 31.1. The second-order valence-electron chi connectivity index (χ2n) is 10.7. The zero-order valence-electron chi connectivity index (χ0n) is 23.6. The van der Waals surface area contributed by atoms with Crippen molar-refractivity contribution >= 4 is 50.7 Å². The van der Waals surface area contributed by atoms with Crippen molar-refractivity contribution in [3.8, 4) is 0 Å². The van der Waals surface area contributed by atoms with E-state index in [1.54, 1.807) is 64.9 Å². The Kier molecular flexibility index (Phi) is 9.52. The summed E-state index contributed by atoms with van der Waals surface area (Å²) < 4.78 is 32.1. The fourth-order valence-electron chi connectivity index (χ4n) is 5.99. The van der Waals surface area contributed by atoms with Gasteiger partial charge in [0.1, 0.15) is 6.61 Å². The minimum atomic E-state index is -3.57. The fourth-order valence-corrected chi connectivity index (χ4v) is 7.71. The van der Waals surface area contributed by atoms with Gasteiger partial charge >= 0.3 is 5.97 Å². The third-order valence-corrected chi connectivity index (χ3v) is 9.68. The Morgan fingerprint density at radius 3 is 2.53 bits per heavy atom. The van der Waals surface area contributed by atoms with Gasteiger partial charge in [-0.05, 0) is 48.2 Å². The third-order valence-electron chi connectivity index (χ3n) is 7.78. The molecular formula is C30H32ClN3O7S2. The second-order valence-corrected chi connectivity index (χ2v) is 13.9. The van der Waals surface area contributed by atoms with E-state index in [2.05, 4.69) is 10.2 Å². The van der Waals surface area contributed by atoms with Gasteiger partial charge < -0.3 is 9.64 Å². The highest BCUT2D eigenvalue weighted by Crippen LogP contribution is 2.46. The van der Waals surface area contributed by atoms with Crippen LogP contribution in [-0.2, 0) is 31.0 Å². The predicted octanol–water partition coefficient (Wildman–Crippen LogP) is 4.58. The van der Waals surface area contributed by atoms with E-state index in [4.69, 9.17) is 21.2 Å². The van der Waals surface area contributed by atoms with Crippen molar-refractivity contribution in [2.75, 3.05) is 13.4 Å². The monoisotopic (exact) mass is 645 g/mol. The predicted molar refractivity (Wildman–Crippen MR) is 162 cm³/mol. The lowest BCUT2D eigenvalue weighted by atomic mass is 9.76. The van der Waals surface area contributed by atoms with Gasteiger partial charge in [-0.2, -0.15) is 0 Å². The zero-order chi connectivity index (χ0) is 30.7. The number of sulfonamides is 1. The van der Waals surface area contributed by atoms with Gasteiger partial charge in [-0.25, -0.2) is 23.4 Å². The van der Waals surface area contributed by atoms with E-state index in [1.165, 1.54) is 18.4 Å². The molecule has 0 bridgehead atoms. The molecule has 43 heavy (non-hydrogen) atoms. The molecule has 10 nitrogen and oxygen atoms in total. The highest BCUT2D eigenvalue weighted by molar-refractivity contribution is 7.88. The summed E-state index contributed by atoms with van der Waals surface area (Å²) in [6.45, 7) is 0.0129. The van der Waals surface area contributed by atoms with Gasteiger partial charge in [0.25, 0.3) is 11.8 Å². The van der Waals surface area contributed by atoms with Gasteiger partial charge in [0, 0.05) is 32.9 Å². The lowest BCUT2D eigenvalue weighted by Crippen LogP contribution is -2.59. The fraction of sp³-hybridized carbons (Fsp3) is 0.367. The number of rotatable bonds is 9. The van der Waals surface area contributed by atoms with Gasteiger partial charge in [-0.15, -0.1) is 11.3 Å². The quantitative estimate of drug-likeness (QED) is 0.257. The average molecular weight is 646 g/mol. The van der Waals surface area contributed by atoms with Gasteiger partial charge in [0.15, 0.2) is 0 Å². The maximum Gasteiger partial charge on any atom is 0.338 e. The highest BCUT2D eigenvalue weighted by atomic mass is 35.5. The van der Waals surface area contributed by atoms with Crippen LogP contribution in [0.25, 0.3) is 0 Å². The van der Waals surface area contributed by atoms with E-state index in [0.717, 1.165) is 19.1 Å². The van der Waals surface area contributed by atoms with Crippen molar-refractivity contribution in [3.63, 3.8) is 0 Å². The Morgan fingerprint density at radius 2 is 1.81 bits per heavy atom. The van der Waals surface area contributed by atoms with Crippen LogP contribution in [0.4, 0.5) is 0 Å². The molecule has 3 aromatic rings. The van der Waals surface area contributed by atoms with Crippen molar-refractivity contribution in [3.05, 3.63) is 92.1 Å². The molecule has 4 atom stereocenters. The van der Waals surface area contributed by atoms with E-state index in [9.17, 15) is 22.8 Å². The molecule has 2 heterocycles. The lowest BCUT2D eigenvalue weighted by Gasteiger charge is -2.49. The van der Waals surface area contributed by atoms with Crippen LogP contribution in [0.2, 0.25) is 5.02 Å². The molecule has 1 fully saturated rings. The molecule has 2 N–H and O–H groups in total. The molecule has 1 aromatic heterocycles. The number of ether oxygens (including phenoxy) is 1. The highest BCUT2D eigenvalue weighted by Gasteiger charge is 2.49. The number of carbonyl (C=O) groups is 3. The number of nitrogens with one attached hydrogen (secondary N) is 2. The number of fused-ring (bicyclic) bond motifs is 1. The molecule has 1 saturated carbocycles. The molecule has 0 radical (unpaired) electrons. The maximum absolute atomic E-state index is 14.3. The molecule has 2 amide bonds. The minimum absolute atomic E-state index is 0.0129. The third kappa shape index (κ3) is 6.94. The number of carbonyl (C=O) groups excluding carboxylic acids is 3. The molecule has 1 aliphatic carbocycles. The van der Waals surface area contributed by atoms with Crippen molar-refractivity contribution < 1.29 is 32.4 Å². The van der Waals surface area contributed by atoms with Crippen molar-refractivity contribution in [1.29, 1.82) is 0 Å². The number of hydrogen-bond acceptors (Lipinski definition) is 8. The first-order valence-electron chi connectivity index (χ1n) is 13.8. The molecule has 0 spiro atoms. The summed E-state index contributed by atoms with van der Waals surface area (Å²) >= 11 is 7.51. The van der Waals surface area contributed by atoms with E-state index in [1.807, 2.05) is 0 Å². The van der Waals surface area contributed by atoms with E-state index >= 15 is 0 Å². The first-order valence-corrected chi connectivity index (χ1v) is 16.9. The number of hydrogen-bond donors (Lipinski definition) is 2. The van der Waals surface area contributed by atoms with Crippen LogP contribution >= 0.6 is 22.9 Å². The van der Waals surface area contributed by atoms with Crippen LogP contribution in [0, 0.1) is 0 Å². The zero-order valence-corrected chi connectivity index (χ0v) is 26.0. The number of hydroxylamine groups is 1.